The van der Waals surface area contributed by atoms with Crippen molar-refractivity contribution in [2.24, 2.45) is 5.73 Å². The molecule has 5 nitrogen and oxygen atoms in total. The number of nitrogens with two attached hydrogens (primary N) is 1. The molecule has 1 saturated heterocycles. The zero-order valence-corrected chi connectivity index (χ0v) is 14.1. The molecule has 0 bridgehead atoms. The molecule has 0 saturated carbocycles. The molecule has 1 fully saturated rings. The van der Waals surface area contributed by atoms with Crippen molar-refractivity contribution < 1.29 is 9.59 Å². The minimum Gasteiger partial charge on any atom is -0.339 e. The summed E-state index contributed by atoms with van der Waals surface area (Å²) < 4.78 is 0. The SMILES string of the molecule is CCCC(N)C(=O)N1CCN(C(=O)Cc2ccccc2C)CC1. The number of hydrogen-bond donors (Lipinski definition) is 1. The highest BCUT2D eigenvalue weighted by Gasteiger charge is 2.26. The molecule has 0 spiro atoms. The maximum atomic E-state index is 12.4. The normalized spacial score (nSPS) is 16.3. The van der Waals surface area contributed by atoms with Crippen LogP contribution in [0.4, 0.5) is 0 Å². The number of carbonyl (C=O) groups is 2. The van der Waals surface area contributed by atoms with Gasteiger partial charge in [0.05, 0.1) is 12.5 Å². The van der Waals surface area contributed by atoms with Gasteiger partial charge in [0.15, 0.2) is 0 Å². The van der Waals surface area contributed by atoms with Crippen molar-refractivity contribution in [1.29, 1.82) is 0 Å². The minimum atomic E-state index is -0.408. The first-order chi connectivity index (χ1) is 11.0. The molecule has 1 atom stereocenters. The number of hydrogen-bond acceptors (Lipinski definition) is 3. The number of piperazine rings is 1. The van der Waals surface area contributed by atoms with Crippen LogP contribution in [0.25, 0.3) is 0 Å². The van der Waals surface area contributed by atoms with Crippen LogP contribution in [0.15, 0.2) is 24.3 Å². The molecule has 1 aliphatic rings. The molecule has 0 aliphatic carbocycles. The molecule has 0 aromatic heterocycles. The van der Waals surface area contributed by atoms with E-state index in [1.165, 1.54) is 0 Å². The molecule has 1 aromatic carbocycles. The average Bonchev–Trinajstić information content (AvgIpc) is 2.56. The van der Waals surface area contributed by atoms with Gasteiger partial charge in [-0.15, -0.1) is 0 Å². The molecule has 1 heterocycles. The Hall–Kier alpha value is -1.88. The summed E-state index contributed by atoms with van der Waals surface area (Å²) in [6.45, 7) is 6.39. The Morgan fingerprint density at radius 1 is 1.13 bits per heavy atom. The van der Waals surface area contributed by atoms with Gasteiger partial charge in [-0.25, -0.2) is 0 Å². The average molecular weight is 317 g/mol. The second-order valence-electron chi connectivity index (χ2n) is 6.20. The van der Waals surface area contributed by atoms with Gasteiger partial charge in [-0.3, -0.25) is 9.59 Å². The predicted molar refractivity (Wildman–Crippen MR) is 90.9 cm³/mol. The lowest BCUT2D eigenvalue weighted by Gasteiger charge is -2.36. The van der Waals surface area contributed by atoms with Crippen molar-refractivity contribution in [3.63, 3.8) is 0 Å². The highest BCUT2D eigenvalue weighted by molar-refractivity contribution is 5.82. The van der Waals surface area contributed by atoms with Crippen molar-refractivity contribution in [1.82, 2.24) is 9.80 Å². The fourth-order valence-electron chi connectivity index (χ4n) is 2.93. The summed E-state index contributed by atoms with van der Waals surface area (Å²) in [7, 11) is 0. The summed E-state index contributed by atoms with van der Waals surface area (Å²) in [6, 6.07) is 7.55. The number of amides is 2. The van der Waals surface area contributed by atoms with Crippen molar-refractivity contribution in [3.8, 4) is 0 Å². The highest BCUT2D eigenvalue weighted by atomic mass is 16.2. The van der Waals surface area contributed by atoms with Gasteiger partial charge in [-0.05, 0) is 24.5 Å². The second-order valence-corrected chi connectivity index (χ2v) is 6.20. The van der Waals surface area contributed by atoms with E-state index in [9.17, 15) is 9.59 Å². The summed E-state index contributed by atoms with van der Waals surface area (Å²) >= 11 is 0. The molecule has 126 valence electrons. The lowest BCUT2D eigenvalue weighted by atomic mass is 10.0. The van der Waals surface area contributed by atoms with Crippen LogP contribution in [0.5, 0.6) is 0 Å². The molecule has 1 aliphatic heterocycles. The Labute approximate surface area is 138 Å². The summed E-state index contributed by atoms with van der Waals surface area (Å²) in [5.41, 5.74) is 8.11. The molecule has 1 unspecified atom stereocenters. The number of benzene rings is 1. The van der Waals surface area contributed by atoms with Crippen LogP contribution in [0.3, 0.4) is 0 Å². The van der Waals surface area contributed by atoms with Crippen molar-refractivity contribution in [2.45, 2.75) is 39.2 Å². The maximum Gasteiger partial charge on any atom is 0.239 e. The van der Waals surface area contributed by atoms with Crippen molar-refractivity contribution in [3.05, 3.63) is 35.4 Å². The summed E-state index contributed by atoms with van der Waals surface area (Å²) in [5, 5.41) is 0. The van der Waals surface area contributed by atoms with Crippen LogP contribution in [-0.4, -0.2) is 53.8 Å². The number of carbonyl (C=O) groups excluding carboxylic acids is 2. The first kappa shape index (κ1) is 17.5. The van der Waals surface area contributed by atoms with Crippen LogP contribution in [0, 0.1) is 6.92 Å². The van der Waals surface area contributed by atoms with Gasteiger partial charge in [0.25, 0.3) is 0 Å². The smallest absolute Gasteiger partial charge is 0.239 e. The van der Waals surface area contributed by atoms with Gasteiger partial charge in [0.2, 0.25) is 11.8 Å². The first-order valence-corrected chi connectivity index (χ1v) is 8.39. The molecule has 2 amide bonds. The number of aryl methyl sites for hydroxylation is 1. The Balaban J connectivity index is 1.85. The van der Waals surface area contributed by atoms with Crippen molar-refractivity contribution >= 4 is 11.8 Å². The van der Waals surface area contributed by atoms with Crippen LogP contribution in [0.2, 0.25) is 0 Å². The maximum absolute atomic E-state index is 12.4. The first-order valence-electron chi connectivity index (χ1n) is 8.39. The van der Waals surface area contributed by atoms with Crippen LogP contribution in [0.1, 0.15) is 30.9 Å². The summed E-state index contributed by atoms with van der Waals surface area (Å²) in [5.74, 6) is 0.141. The summed E-state index contributed by atoms with van der Waals surface area (Å²) in [6.07, 6.45) is 2.04. The number of nitrogens with zero attached hydrogens (tertiary/aromatic N) is 2. The van der Waals surface area contributed by atoms with E-state index < -0.39 is 6.04 Å². The van der Waals surface area contributed by atoms with Crippen LogP contribution in [-0.2, 0) is 16.0 Å². The van der Waals surface area contributed by atoms with E-state index in [2.05, 4.69) is 0 Å². The van der Waals surface area contributed by atoms with E-state index >= 15 is 0 Å². The van der Waals surface area contributed by atoms with Gasteiger partial charge in [0.1, 0.15) is 0 Å². The van der Waals surface area contributed by atoms with E-state index in [1.807, 2.05) is 43.0 Å². The van der Waals surface area contributed by atoms with E-state index in [4.69, 9.17) is 5.73 Å². The molecular formula is C18H27N3O2. The third-order valence-electron chi connectivity index (χ3n) is 4.46. The molecule has 0 radical (unpaired) electrons. The van der Waals surface area contributed by atoms with E-state index in [0.717, 1.165) is 17.5 Å². The zero-order valence-electron chi connectivity index (χ0n) is 14.1. The lowest BCUT2D eigenvalue weighted by molar-refractivity contribution is -0.140. The Morgan fingerprint density at radius 2 is 1.74 bits per heavy atom. The van der Waals surface area contributed by atoms with Crippen molar-refractivity contribution in [2.75, 3.05) is 26.2 Å². The standard InChI is InChI=1S/C18H27N3O2/c1-3-6-16(19)18(23)21-11-9-20(10-12-21)17(22)13-15-8-5-4-7-14(15)2/h4-5,7-8,16H,3,6,9-13,19H2,1-2H3. The van der Waals surface area contributed by atoms with Gasteiger partial charge >= 0.3 is 0 Å². The summed E-state index contributed by atoms with van der Waals surface area (Å²) in [4.78, 5) is 28.3. The zero-order chi connectivity index (χ0) is 16.8. The third kappa shape index (κ3) is 4.55. The van der Waals surface area contributed by atoms with Gasteiger partial charge in [-0.1, -0.05) is 37.6 Å². The molecule has 23 heavy (non-hydrogen) atoms. The van der Waals surface area contributed by atoms with Crippen LogP contribution >= 0.6 is 0 Å². The second kappa shape index (κ2) is 8.11. The number of rotatable bonds is 5. The molecule has 5 heteroatoms. The van der Waals surface area contributed by atoms with Gasteiger partial charge < -0.3 is 15.5 Å². The molecule has 2 rings (SSSR count). The molecule has 1 aromatic rings. The Kier molecular flexibility index (Phi) is 6.16. The monoisotopic (exact) mass is 317 g/mol. The van der Waals surface area contributed by atoms with Gasteiger partial charge in [0, 0.05) is 26.2 Å². The third-order valence-corrected chi connectivity index (χ3v) is 4.46. The Bertz CT molecular complexity index is 551. The fourth-order valence-corrected chi connectivity index (χ4v) is 2.93. The topological polar surface area (TPSA) is 66.6 Å². The van der Waals surface area contributed by atoms with E-state index in [-0.39, 0.29) is 11.8 Å². The quantitative estimate of drug-likeness (QED) is 0.891. The van der Waals surface area contributed by atoms with Crippen LogP contribution < -0.4 is 5.73 Å². The largest absolute Gasteiger partial charge is 0.339 e. The highest BCUT2D eigenvalue weighted by Crippen LogP contribution is 2.12. The van der Waals surface area contributed by atoms with Gasteiger partial charge in [-0.2, -0.15) is 0 Å². The van der Waals surface area contributed by atoms with E-state index in [0.29, 0.717) is 39.0 Å². The molecular weight excluding hydrogens is 290 g/mol. The lowest BCUT2D eigenvalue weighted by Crippen LogP contribution is -2.54. The molecule has 2 N–H and O–H groups in total. The minimum absolute atomic E-state index is 0.0119. The predicted octanol–water partition coefficient (Wildman–Crippen LogP) is 1.34. The Morgan fingerprint density at radius 3 is 2.35 bits per heavy atom. The fraction of sp³-hybridized carbons (Fsp3) is 0.556. The van der Waals surface area contributed by atoms with E-state index in [1.54, 1.807) is 4.90 Å².